The summed E-state index contributed by atoms with van der Waals surface area (Å²) in [6.07, 6.45) is 2.62. The number of aromatic nitrogens is 1. The van der Waals surface area contributed by atoms with Gasteiger partial charge in [0.15, 0.2) is 0 Å². The van der Waals surface area contributed by atoms with Gasteiger partial charge < -0.3 is 10.1 Å². The van der Waals surface area contributed by atoms with Crippen LogP contribution in [0.25, 0.3) is 10.9 Å². The van der Waals surface area contributed by atoms with Crippen LogP contribution in [0.4, 0.5) is 0 Å². The first-order valence-electron chi connectivity index (χ1n) is 7.74. The predicted molar refractivity (Wildman–Crippen MR) is 83.4 cm³/mol. The van der Waals surface area contributed by atoms with Crippen molar-refractivity contribution in [3.8, 4) is 0 Å². The van der Waals surface area contributed by atoms with Crippen LogP contribution in [0.5, 0.6) is 0 Å². The number of carboxylic acid groups (broad SMARTS) is 1. The van der Waals surface area contributed by atoms with Crippen LogP contribution >= 0.6 is 0 Å². The monoisotopic (exact) mass is 286 g/mol. The molecule has 2 atom stereocenters. The fourth-order valence-corrected chi connectivity index (χ4v) is 3.56. The van der Waals surface area contributed by atoms with Gasteiger partial charge in [0.1, 0.15) is 6.04 Å². The van der Waals surface area contributed by atoms with Crippen molar-refractivity contribution in [2.75, 3.05) is 0 Å². The third-order valence-electron chi connectivity index (χ3n) is 4.76. The Bertz CT molecular complexity index is 658. The molecule has 0 bridgehead atoms. The Morgan fingerprint density at radius 3 is 2.71 bits per heavy atom. The maximum absolute atomic E-state index is 11.5. The van der Waals surface area contributed by atoms with E-state index < -0.39 is 12.0 Å². The summed E-state index contributed by atoms with van der Waals surface area (Å²) in [5, 5.41) is 14.0. The number of hydrogen-bond donors (Lipinski definition) is 3. The van der Waals surface area contributed by atoms with Crippen LogP contribution in [0, 0.1) is 5.92 Å². The molecule has 0 saturated carbocycles. The summed E-state index contributed by atoms with van der Waals surface area (Å²) in [7, 11) is 0. The molecule has 112 valence electrons. The fraction of sp³-hybridized carbons (Fsp3) is 0.471. The first-order valence-corrected chi connectivity index (χ1v) is 7.74. The lowest BCUT2D eigenvalue weighted by molar-refractivity contribution is -0.140. The average molecular weight is 286 g/mol. The van der Waals surface area contributed by atoms with Crippen molar-refractivity contribution in [1.29, 1.82) is 0 Å². The van der Waals surface area contributed by atoms with Gasteiger partial charge >= 0.3 is 5.97 Å². The highest BCUT2D eigenvalue weighted by molar-refractivity contribution is 5.86. The Labute approximate surface area is 124 Å². The predicted octanol–water partition coefficient (Wildman–Crippen LogP) is 3.24. The Hall–Kier alpha value is -1.81. The zero-order valence-corrected chi connectivity index (χ0v) is 12.5. The van der Waals surface area contributed by atoms with Crippen molar-refractivity contribution in [1.82, 2.24) is 10.3 Å². The van der Waals surface area contributed by atoms with E-state index in [9.17, 15) is 9.90 Å². The number of benzene rings is 1. The molecule has 1 aliphatic heterocycles. The van der Waals surface area contributed by atoms with Gasteiger partial charge in [-0.15, -0.1) is 0 Å². The summed E-state index contributed by atoms with van der Waals surface area (Å²) in [6, 6.07) is 7.77. The molecule has 4 heteroatoms. The minimum Gasteiger partial charge on any atom is -0.480 e. The van der Waals surface area contributed by atoms with E-state index in [1.165, 1.54) is 11.3 Å². The number of rotatable bonds is 4. The van der Waals surface area contributed by atoms with E-state index in [4.69, 9.17) is 0 Å². The molecule has 3 N–H and O–H groups in total. The first kappa shape index (κ1) is 14.1. The summed E-state index contributed by atoms with van der Waals surface area (Å²) >= 11 is 0. The number of carbonyl (C=O) groups is 1. The van der Waals surface area contributed by atoms with Gasteiger partial charge in [-0.2, -0.15) is 0 Å². The Kier molecular flexibility index (Phi) is 3.72. The standard InChI is InChI=1S/C17H22N2O2/c1-3-10(4-2)15-16-12(9-14(19-15)17(20)21)11-7-5-6-8-13(11)18-16/h5-8,10,14-15,18-19H,3-4,9H2,1-2H3,(H,20,21)/t14-,15+/m0/s1. The van der Waals surface area contributed by atoms with Crippen molar-refractivity contribution in [3.05, 3.63) is 35.5 Å². The van der Waals surface area contributed by atoms with E-state index in [1.807, 2.05) is 12.1 Å². The summed E-state index contributed by atoms with van der Waals surface area (Å²) in [4.78, 5) is 15.0. The number of aliphatic carboxylic acids is 1. The maximum Gasteiger partial charge on any atom is 0.321 e. The van der Waals surface area contributed by atoms with Crippen LogP contribution in [0.1, 0.15) is 44.0 Å². The lowest BCUT2D eigenvalue weighted by Gasteiger charge is -2.34. The zero-order chi connectivity index (χ0) is 15.0. The molecular weight excluding hydrogens is 264 g/mol. The van der Waals surface area contributed by atoms with E-state index in [-0.39, 0.29) is 6.04 Å². The van der Waals surface area contributed by atoms with Crippen LogP contribution in [0.2, 0.25) is 0 Å². The Balaban J connectivity index is 2.13. The first-order chi connectivity index (χ1) is 10.2. The second kappa shape index (κ2) is 5.53. The molecule has 0 spiro atoms. The molecule has 0 saturated heterocycles. The molecular formula is C17H22N2O2. The van der Waals surface area contributed by atoms with Crippen molar-refractivity contribution in [2.24, 2.45) is 5.92 Å². The second-order valence-electron chi connectivity index (χ2n) is 5.88. The van der Waals surface area contributed by atoms with Crippen molar-refractivity contribution < 1.29 is 9.90 Å². The topological polar surface area (TPSA) is 65.1 Å². The van der Waals surface area contributed by atoms with Crippen LogP contribution in [0.15, 0.2) is 24.3 Å². The van der Waals surface area contributed by atoms with Crippen molar-refractivity contribution >= 4 is 16.9 Å². The normalized spacial score (nSPS) is 21.7. The molecule has 0 fully saturated rings. The van der Waals surface area contributed by atoms with Gasteiger partial charge in [0, 0.05) is 23.0 Å². The molecule has 3 rings (SSSR count). The Morgan fingerprint density at radius 2 is 2.05 bits per heavy atom. The van der Waals surface area contributed by atoms with Crippen LogP contribution in [0.3, 0.4) is 0 Å². The van der Waals surface area contributed by atoms with Crippen LogP contribution < -0.4 is 5.32 Å². The van der Waals surface area contributed by atoms with Crippen molar-refractivity contribution in [3.63, 3.8) is 0 Å². The third-order valence-corrected chi connectivity index (χ3v) is 4.76. The number of nitrogens with one attached hydrogen (secondary N) is 2. The largest absolute Gasteiger partial charge is 0.480 e. The minimum absolute atomic E-state index is 0.0947. The molecule has 21 heavy (non-hydrogen) atoms. The number of fused-ring (bicyclic) bond motifs is 3. The molecule has 0 radical (unpaired) electrons. The van der Waals surface area contributed by atoms with Gasteiger partial charge in [-0.25, -0.2) is 0 Å². The lowest BCUT2D eigenvalue weighted by atomic mass is 9.84. The highest BCUT2D eigenvalue weighted by atomic mass is 16.4. The maximum atomic E-state index is 11.5. The molecule has 1 aromatic heterocycles. The number of aromatic amines is 1. The molecule has 0 amide bonds. The van der Waals surface area contributed by atoms with E-state index in [0.717, 1.165) is 23.7 Å². The van der Waals surface area contributed by atoms with Gasteiger partial charge in [0.2, 0.25) is 0 Å². The van der Waals surface area contributed by atoms with E-state index in [2.05, 4.69) is 36.3 Å². The summed E-state index contributed by atoms with van der Waals surface area (Å²) in [6.45, 7) is 4.34. The molecule has 1 aliphatic rings. The second-order valence-corrected chi connectivity index (χ2v) is 5.88. The molecule has 2 aromatic rings. The van der Waals surface area contributed by atoms with Crippen LogP contribution in [-0.2, 0) is 11.2 Å². The van der Waals surface area contributed by atoms with Gasteiger partial charge in [-0.1, -0.05) is 44.9 Å². The van der Waals surface area contributed by atoms with Gasteiger partial charge in [0.05, 0.1) is 6.04 Å². The molecule has 1 aromatic carbocycles. The summed E-state index contributed by atoms with van der Waals surface area (Å²) < 4.78 is 0. The highest BCUT2D eigenvalue weighted by Crippen LogP contribution is 2.37. The van der Waals surface area contributed by atoms with Crippen LogP contribution in [-0.4, -0.2) is 22.1 Å². The summed E-state index contributed by atoms with van der Waals surface area (Å²) in [5.41, 5.74) is 3.46. The van der Waals surface area contributed by atoms with Gasteiger partial charge in [-0.05, 0) is 17.5 Å². The third kappa shape index (κ3) is 2.33. The fourth-order valence-electron chi connectivity index (χ4n) is 3.56. The highest BCUT2D eigenvalue weighted by Gasteiger charge is 2.35. The number of hydrogen-bond acceptors (Lipinski definition) is 2. The molecule has 4 nitrogen and oxygen atoms in total. The zero-order valence-electron chi connectivity index (χ0n) is 12.5. The average Bonchev–Trinajstić information content (AvgIpc) is 2.87. The molecule has 0 aliphatic carbocycles. The number of H-pyrrole nitrogens is 1. The Morgan fingerprint density at radius 1 is 1.33 bits per heavy atom. The lowest BCUT2D eigenvalue weighted by Crippen LogP contribution is -2.46. The molecule has 2 heterocycles. The van der Waals surface area contributed by atoms with E-state index in [0.29, 0.717) is 12.3 Å². The smallest absolute Gasteiger partial charge is 0.321 e. The minimum atomic E-state index is -0.762. The van der Waals surface area contributed by atoms with E-state index in [1.54, 1.807) is 0 Å². The van der Waals surface area contributed by atoms with E-state index >= 15 is 0 Å². The SMILES string of the molecule is CCC(CC)[C@H]1N[C@H](C(=O)O)Cc2c1[nH]c1ccccc21. The van der Waals surface area contributed by atoms with Crippen molar-refractivity contribution in [2.45, 2.75) is 45.2 Å². The summed E-state index contributed by atoms with van der Waals surface area (Å²) in [5.74, 6) is -0.319. The van der Waals surface area contributed by atoms with Gasteiger partial charge in [0.25, 0.3) is 0 Å². The van der Waals surface area contributed by atoms with Gasteiger partial charge in [-0.3, -0.25) is 10.1 Å². The quantitative estimate of drug-likeness (QED) is 0.808. The number of carboxylic acids is 1. The molecule has 0 unspecified atom stereocenters. The number of para-hydroxylation sites is 1.